The van der Waals surface area contributed by atoms with Crippen molar-refractivity contribution >= 4 is 9.84 Å². The lowest BCUT2D eigenvalue weighted by molar-refractivity contribution is 0.0929. The lowest BCUT2D eigenvalue weighted by atomic mass is 10.3. The summed E-state index contributed by atoms with van der Waals surface area (Å²) in [5, 5.41) is 11.5. The molecule has 6 heteroatoms. The summed E-state index contributed by atoms with van der Waals surface area (Å²) >= 11 is 0. The molecule has 5 nitrogen and oxygen atoms in total. The van der Waals surface area contributed by atoms with Crippen molar-refractivity contribution in [3.63, 3.8) is 0 Å². The van der Waals surface area contributed by atoms with Gasteiger partial charge in [-0.1, -0.05) is 0 Å². The van der Waals surface area contributed by atoms with Crippen molar-refractivity contribution in [3.8, 4) is 0 Å². The lowest BCUT2D eigenvalue weighted by Gasteiger charge is -2.10. The van der Waals surface area contributed by atoms with Crippen molar-refractivity contribution in [2.75, 3.05) is 37.9 Å². The Balaban J connectivity index is 2.03. The van der Waals surface area contributed by atoms with Crippen LogP contribution in [0.25, 0.3) is 0 Å². The van der Waals surface area contributed by atoms with E-state index >= 15 is 0 Å². The largest absolute Gasteiger partial charge is 0.394 e. The Morgan fingerprint density at radius 1 is 1.43 bits per heavy atom. The molecular weight excluding hydrogens is 206 g/mol. The fraction of sp³-hybridized carbons (Fsp3) is 1.00. The monoisotopic (exact) mass is 223 g/mol. The van der Waals surface area contributed by atoms with Crippen LogP contribution < -0.4 is 5.32 Å². The van der Waals surface area contributed by atoms with Crippen molar-refractivity contribution in [2.24, 2.45) is 0 Å². The van der Waals surface area contributed by atoms with Gasteiger partial charge in [-0.15, -0.1) is 0 Å². The van der Waals surface area contributed by atoms with E-state index in [1.165, 1.54) is 0 Å². The quantitative estimate of drug-likeness (QED) is 0.552. The number of sulfone groups is 1. The third kappa shape index (κ3) is 4.36. The predicted octanol–water partition coefficient (Wildman–Crippen LogP) is -1.23. The van der Waals surface area contributed by atoms with E-state index in [1.54, 1.807) is 0 Å². The zero-order valence-corrected chi connectivity index (χ0v) is 8.92. The molecule has 1 aliphatic heterocycles. The minimum Gasteiger partial charge on any atom is -0.394 e. The molecular formula is C8H17NO4S. The second-order valence-corrected chi connectivity index (χ2v) is 5.62. The van der Waals surface area contributed by atoms with Crippen molar-refractivity contribution in [1.82, 2.24) is 5.32 Å². The molecule has 2 N–H and O–H groups in total. The Labute approximate surface area is 84.4 Å². The van der Waals surface area contributed by atoms with Crippen LogP contribution in [0.15, 0.2) is 0 Å². The minimum atomic E-state index is -2.79. The van der Waals surface area contributed by atoms with Gasteiger partial charge in [-0.3, -0.25) is 0 Å². The van der Waals surface area contributed by atoms with E-state index in [4.69, 9.17) is 9.84 Å². The molecule has 1 atom stereocenters. The Morgan fingerprint density at radius 2 is 2.21 bits per heavy atom. The highest BCUT2D eigenvalue weighted by Crippen LogP contribution is 2.10. The summed E-state index contributed by atoms with van der Waals surface area (Å²) < 4.78 is 27.2. The summed E-state index contributed by atoms with van der Waals surface area (Å²) in [5.74, 6) is 0.537. The van der Waals surface area contributed by atoms with Crippen LogP contribution in [0.1, 0.15) is 6.42 Å². The number of hydrogen-bond donors (Lipinski definition) is 2. The Morgan fingerprint density at radius 3 is 2.79 bits per heavy atom. The van der Waals surface area contributed by atoms with Crippen LogP contribution in [0.4, 0.5) is 0 Å². The molecule has 1 rings (SSSR count). The Kier molecular flexibility index (Phi) is 4.80. The summed E-state index contributed by atoms with van der Waals surface area (Å²) in [7, 11) is -2.79. The van der Waals surface area contributed by atoms with E-state index in [1.807, 2.05) is 0 Å². The third-order valence-electron chi connectivity index (χ3n) is 2.15. The number of aliphatic hydroxyl groups excluding tert-OH is 1. The van der Waals surface area contributed by atoms with Gasteiger partial charge in [0.25, 0.3) is 0 Å². The summed E-state index contributed by atoms with van der Waals surface area (Å²) in [6, 6.07) is 0.0812. The molecule has 14 heavy (non-hydrogen) atoms. The van der Waals surface area contributed by atoms with E-state index in [-0.39, 0.29) is 18.4 Å². The molecule has 0 amide bonds. The van der Waals surface area contributed by atoms with Crippen LogP contribution >= 0.6 is 0 Å². The molecule has 84 valence electrons. The molecule has 1 aliphatic rings. The number of rotatable bonds is 6. The first-order valence-corrected chi connectivity index (χ1v) is 6.58. The molecule has 1 saturated heterocycles. The SMILES string of the molecule is O=S1(=O)CCC(NCCOCCO)C1. The minimum absolute atomic E-state index is 0.0256. The first-order valence-electron chi connectivity index (χ1n) is 4.76. The average Bonchev–Trinajstić information content (AvgIpc) is 2.45. The molecule has 0 aromatic heterocycles. The maximum atomic E-state index is 11.1. The van der Waals surface area contributed by atoms with Gasteiger partial charge in [0.15, 0.2) is 9.84 Å². The number of ether oxygens (including phenoxy) is 1. The zero-order valence-electron chi connectivity index (χ0n) is 8.11. The van der Waals surface area contributed by atoms with Gasteiger partial charge < -0.3 is 15.2 Å². The van der Waals surface area contributed by atoms with Gasteiger partial charge in [0.2, 0.25) is 0 Å². The zero-order chi connectivity index (χ0) is 10.4. The first-order chi connectivity index (χ1) is 6.64. The van der Waals surface area contributed by atoms with Crippen LogP contribution in [0.3, 0.4) is 0 Å². The van der Waals surface area contributed by atoms with Gasteiger partial charge in [-0.25, -0.2) is 8.42 Å². The standard InChI is InChI=1S/C8H17NO4S/c10-3-5-13-4-2-9-8-1-6-14(11,12)7-8/h8-10H,1-7H2. The molecule has 1 unspecified atom stereocenters. The highest BCUT2D eigenvalue weighted by atomic mass is 32.2. The summed E-state index contributed by atoms with van der Waals surface area (Å²) in [6.07, 6.45) is 0.697. The molecule has 1 heterocycles. The molecule has 1 fully saturated rings. The smallest absolute Gasteiger partial charge is 0.151 e. The molecule has 0 aromatic rings. The van der Waals surface area contributed by atoms with E-state index in [0.717, 1.165) is 0 Å². The lowest BCUT2D eigenvalue weighted by Crippen LogP contribution is -2.32. The van der Waals surface area contributed by atoms with Crippen LogP contribution in [-0.2, 0) is 14.6 Å². The maximum absolute atomic E-state index is 11.1. The first kappa shape index (κ1) is 11.9. The highest BCUT2D eigenvalue weighted by molar-refractivity contribution is 7.91. The predicted molar refractivity (Wildman–Crippen MR) is 53.0 cm³/mol. The maximum Gasteiger partial charge on any atom is 0.151 e. The van der Waals surface area contributed by atoms with Crippen LogP contribution in [0.2, 0.25) is 0 Å². The van der Waals surface area contributed by atoms with Crippen LogP contribution in [-0.4, -0.2) is 57.4 Å². The van der Waals surface area contributed by atoms with Gasteiger partial charge in [0.05, 0.1) is 31.3 Å². The number of aliphatic hydroxyl groups is 1. The van der Waals surface area contributed by atoms with Crippen molar-refractivity contribution in [2.45, 2.75) is 12.5 Å². The van der Waals surface area contributed by atoms with Crippen LogP contribution in [0.5, 0.6) is 0 Å². The molecule has 0 bridgehead atoms. The summed E-state index contributed by atoms with van der Waals surface area (Å²) in [4.78, 5) is 0. The van der Waals surface area contributed by atoms with Gasteiger partial charge in [0, 0.05) is 12.6 Å². The fourth-order valence-electron chi connectivity index (χ4n) is 1.46. The molecule has 0 spiro atoms. The van der Waals surface area contributed by atoms with E-state index < -0.39 is 9.84 Å². The summed E-state index contributed by atoms with van der Waals surface area (Å²) in [5.41, 5.74) is 0. The highest BCUT2D eigenvalue weighted by Gasteiger charge is 2.26. The van der Waals surface area contributed by atoms with Gasteiger partial charge in [-0.2, -0.15) is 0 Å². The summed E-state index contributed by atoms with van der Waals surface area (Å²) in [6.45, 7) is 1.51. The van der Waals surface area contributed by atoms with Crippen molar-refractivity contribution in [1.29, 1.82) is 0 Å². The van der Waals surface area contributed by atoms with Gasteiger partial charge in [0.1, 0.15) is 0 Å². The molecule has 0 aliphatic carbocycles. The Hall–Kier alpha value is -0.170. The number of hydrogen-bond acceptors (Lipinski definition) is 5. The van der Waals surface area contributed by atoms with Crippen LogP contribution in [0, 0.1) is 0 Å². The van der Waals surface area contributed by atoms with E-state index in [9.17, 15) is 8.42 Å². The van der Waals surface area contributed by atoms with Crippen molar-refractivity contribution < 1.29 is 18.3 Å². The number of nitrogens with one attached hydrogen (secondary N) is 1. The van der Waals surface area contributed by atoms with E-state index in [2.05, 4.69) is 5.32 Å². The molecule has 0 saturated carbocycles. The molecule has 0 aromatic carbocycles. The Bertz CT molecular complexity index is 252. The molecule has 0 radical (unpaired) electrons. The van der Waals surface area contributed by atoms with Crippen molar-refractivity contribution in [3.05, 3.63) is 0 Å². The van der Waals surface area contributed by atoms with Gasteiger partial charge >= 0.3 is 0 Å². The normalized spacial score (nSPS) is 25.4. The second kappa shape index (κ2) is 5.65. The fourth-order valence-corrected chi connectivity index (χ4v) is 3.17. The third-order valence-corrected chi connectivity index (χ3v) is 3.92. The second-order valence-electron chi connectivity index (χ2n) is 3.39. The average molecular weight is 223 g/mol. The van der Waals surface area contributed by atoms with E-state index in [0.29, 0.717) is 31.9 Å². The van der Waals surface area contributed by atoms with Gasteiger partial charge in [-0.05, 0) is 6.42 Å². The topological polar surface area (TPSA) is 75.6 Å².